The van der Waals surface area contributed by atoms with Gasteiger partial charge in [0.2, 0.25) is 0 Å². The van der Waals surface area contributed by atoms with Gasteiger partial charge in [0, 0.05) is 33.4 Å². The van der Waals surface area contributed by atoms with E-state index in [0.717, 1.165) is 61.5 Å². The molecule has 5 heteroatoms. The summed E-state index contributed by atoms with van der Waals surface area (Å²) in [5.74, 6) is 0. The first-order valence-electron chi connectivity index (χ1n) is 40.3. The number of hydrogen-bond acceptors (Lipinski definition) is 4. The monoisotopic (exact) mass is 1490 g/mol. The minimum absolute atomic E-state index is 0.421. The molecule has 0 radical (unpaired) electrons. The number of fused-ring (bicyclic) bond motifs is 34. The number of para-hydroxylation sites is 1. The molecule has 2 aromatic heterocycles. The van der Waals surface area contributed by atoms with E-state index >= 15 is 0 Å². The summed E-state index contributed by atoms with van der Waals surface area (Å²) in [4.78, 5) is 2.33. The van der Waals surface area contributed by atoms with Crippen LogP contribution in [0.3, 0.4) is 0 Å². The Labute approximate surface area is 675 Å². The van der Waals surface area contributed by atoms with Gasteiger partial charge in [0.15, 0.2) is 0 Å². The van der Waals surface area contributed by atoms with Gasteiger partial charge in [-0.15, -0.1) is 0 Å². The van der Waals surface area contributed by atoms with Gasteiger partial charge in [-0.3, -0.25) is 0 Å². The molecule has 536 valence electrons. The summed E-state index contributed by atoms with van der Waals surface area (Å²) in [5.41, 5.74) is 47.6. The van der Waals surface area contributed by atoms with Crippen LogP contribution < -0.4 is 4.90 Å². The van der Waals surface area contributed by atoms with Crippen LogP contribution in [-0.2, 0) is 16.2 Å². The fourth-order valence-corrected chi connectivity index (χ4v) is 22.9. The molecule has 0 bridgehead atoms. The van der Waals surface area contributed by atoms with E-state index in [2.05, 4.69) is 410 Å². The molecule has 116 heavy (non-hydrogen) atoms. The predicted octanol–water partition coefficient (Wildman–Crippen LogP) is 28.0. The average molecular weight is 1490 g/mol. The largest absolute Gasteiger partial charge is 0.309 e. The molecular weight excluding hydrogens is 1420 g/mol. The van der Waals surface area contributed by atoms with Crippen LogP contribution in [0, 0.1) is 0 Å². The highest BCUT2D eigenvalue weighted by molar-refractivity contribution is 7.00. The van der Waals surface area contributed by atoms with E-state index in [1.165, 1.54) is 184 Å². The molecule has 0 fully saturated rings. The van der Waals surface area contributed by atoms with Crippen LogP contribution in [0.1, 0.15) is 66.8 Å². The Morgan fingerprint density at radius 3 is 0.853 bits per heavy atom. The molecule has 20 aromatic rings. The first kappa shape index (κ1) is 64.0. The third-order valence-electron chi connectivity index (χ3n) is 27.0. The predicted molar refractivity (Wildman–Crippen MR) is 477 cm³/mol. The van der Waals surface area contributed by atoms with Crippen LogP contribution in [-0.4, -0.2) is 13.3 Å². The van der Waals surface area contributed by atoms with Crippen LogP contribution in [0.4, 0.5) is 17.1 Å². The number of nitrogens with zero attached hydrogens (tertiary/aromatic N) is 4. The van der Waals surface area contributed by atoms with E-state index in [1.54, 1.807) is 0 Å². The summed E-state index contributed by atoms with van der Waals surface area (Å²) in [6.07, 6.45) is 0. The Morgan fingerprint density at radius 2 is 0.483 bits per heavy atom. The van der Waals surface area contributed by atoms with Gasteiger partial charge in [-0.1, -0.05) is 309 Å². The molecular formula is C111H66N4S. The van der Waals surface area contributed by atoms with E-state index in [-0.39, 0.29) is 0 Å². The maximum absolute atomic E-state index is 5.15. The Balaban J connectivity index is 0.592. The molecule has 0 aliphatic heterocycles. The molecule has 0 saturated heterocycles. The van der Waals surface area contributed by atoms with Gasteiger partial charge in [-0.25, -0.2) is 0 Å². The molecule has 0 amide bonds. The molecule has 2 heterocycles. The number of hydrogen-bond donors (Lipinski definition) is 0. The van der Waals surface area contributed by atoms with Gasteiger partial charge in [-0.05, 0) is 263 Å². The molecule has 4 nitrogen and oxygen atoms in total. The molecule has 0 saturated carbocycles. The number of anilines is 3. The van der Waals surface area contributed by atoms with Crippen molar-refractivity contribution in [1.29, 1.82) is 0 Å². The zero-order valence-electron chi connectivity index (χ0n) is 62.8. The highest BCUT2D eigenvalue weighted by Gasteiger charge is 2.55. The summed E-state index contributed by atoms with van der Waals surface area (Å²) in [5, 5.41) is 2.38. The van der Waals surface area contributed by atoms with Crippen molar-refractivity contribution >= 4 is 61.6 Å². The van der Waals surface area contributed by atoms with Gasteiger partial charge in [0.1, 0.15) is 11.0 Å². The van der Waals surface area contributed by atoms with Crippen molar-refractivity contribution < 1.29 is 0 Å². The van der Waals surface area contributed by atoms with Crippen LogP contribution >= 0.6 is 11.7 Å². The van der Waals surface area contributed by atoms with Crippen molar-refractivity contribution in [3.63, 3.8) is 0 Å². The van der Waals surface area contributed by atoms with Crippen molar-refractivity contribution in [3.8, 4) is 117 Å². The lowest BCUT2D eigenvalue weighted by molar-refractivity contribution is 0.794. The normalized spacial score (nSPS) is 14.1. The first-order valence-corrected chi connectivity index (χ1v) is 41.0. The van der Waals surface area contributed by atoms with Crippen molar-refractivity contribution in [2.24, 2.45) is 0 Å². The van der Waals surface area contributed by atoms with Gasteiger partial charge in [0.25, 0.3) is 0 Å². The second-order valence-electron chi connectivity index (χ2n) is 32.1. The third kappa shape index (κ3) is 8.30. The van der Waals surface area contributed by atoms with Crippen molar-refractivity contribution in [2.45, 2.75) is 16.2 Å². The van der Waals surface area contributed by atoms with Crippen molar-refractivity contribution in [2.75, 3.05) is 4.90 Å². The molecule has 0 atom stereocenters. The minimum atomic E-state index is -0.461. The van der Waals surface area contributed by atoms with Gasteiger partial charge >= 0.3 is 0 Å². The lowest BCUT2D eigenvalue weighted by Crippen LogP contribution is -2.25. The summed E-state index contributed by atoms with van der Waals surface area (Å²) >= 11 is 1.26. The van der Waals surface area contributed by atoms with E-state index in [9.17, 15) is 0 Å². The molecule has 26 rings (SSSR count). The molecule has 3 spiro atoms. The Morgan fingerprint density at radius 1 is 0.207 bits per heavy atom. The van der Waals surface area contributed by atoms with Crippen LogP contribution in [0.2, 0.25) is 0 Å². The minimum Gasteiger partial charge on any atom is -0.309 e. The molecule has 0 N–H and O–H groups in total. The molecule has 6 aliphatic carbocycles. The fraction of sp³-hybridized carbons (Fsp3) is 0.0270. The fourth-order valence-electron chi connectivity index (χ4n) is 22.3. The number of aromatic nitrogens is 3. The molecule has 6 aliphatic rings. The maximum Gasteiger partial charge on any atom is 0.129 e. The summed E-state index contributed by atoms with van der Waals surface area (Å²) < 4.78 is 12.8. The van der Waals surface area contributed by atoms with Gasteiger partial charge in [-0.2, -0.15) is 8.75 Å². The van der Waals surface area contributed by atoms with Crippen LogP contribution in [0.15, 0.2) is 400 Å². The van der Waals surface area contributed by atoms with Crippen molar-refractivity contribution in [1.82, 2.24) is 13.3 Å². The number of benzene rings is 18. The Kier molecular flexibility index (Phi) is 13.1. The smallest absolute Gasteiger partial charge is 0.129 e. The summed E-state index contributed by atoms with van der Waals surface area (Å²) in [7, 11) is 0. The first-order chi connectivity index (χ1) is 57.5. The van der Waals surface area contributed by atoms with Gasteiger partial charge in [0.05, 0.1) is 44.7 Å². The van der Waals surface area contributed by atoms with Crippen molar-refractivity contribution in [3.05, 3.63) is 467 Å². The zero-order valence-corrected chi connectivity index (χ0v) is 63.6. The standard InChI is InChI=1S/C111H66N4S/c1-2-22-74(23-3-1)114(75-51-42-67(43-52-75)71-46-55-87-84-30-10-19-39-98(84)109(101(87)64-71)92-33-13-4-24-78(92)79-25-5-14-34-93(79)109)106-61-58-77(107-108(106)113-116-112-107)68-44-53-76(54-45-68)115-104-59-49-69(72-47-56-88-85-31-11-20-40-99(85)110(102(88)65-72)94-35-15-6-26-80(94)81-27-7-16-36-95(81)110)62-90(104)91-63-70(50-60-105(91)115)73-48-57-89-86-32-12-21-41-100(86)111(103(89)66-73)96-37-17-8-28-82(96)83-29-9-18-38-97(83)111/h1-66H. The average Bonchev–Trinajstić information content (AvgIpc) is 1.52. The SMILES string of the molecule is c1ccc(N(c2ccc(-c3ccc4c(c3)C3(c5ccccc5-c5ccccc53)c3ccccc3-4)cc2)c2ccc(-c3ccc(-n4c5ccc(-c6ccc7c(c6)C6(c8ccccc8-c8ccccc86)c6ccccc6-7)cc5c5cc(-c6ccc7c(c6)C6(c8ccccc8-c8ccccc86)c6ccccc6-7)ccc54)cc3)c3nsnc23)cc1. The third-order valence-corrected chi connectivity index (χ3v) is 27.5. The van der Waals surface area contributed by atoms with Gasteiger partial charge < -0.3 is 9.47 Å². The van der Waals surface area contributed by atoms with E-state index < -0.39 is 16.2 Å². The summed E-state index contributed by atoms with van der Waals surface area (Å²) in [6, 6.07) is 151. The number of rotatable bonds is 8. The maximum atomic E-state index is 5.15. The zero-order chi connectivity index (χ0) is 75.7. The van der Waals surface area contributed by atoms with E-state index in [4.69, 9.17) is 8.75 Å². The topological polar surface area (TPSA) is 34.0 Å². The summed E-state index contributed by atoms with van der Waals surface area (Å²) in [6.45, 7) is 0. The highest BCUT2D eigenvalue weighted by Crippen LogP contribution is 2.67. The van der Waals surface area contributed by atoms with E-state index in [1.807, 2.05) is 0 Å². The Bertz CT molecular complexity index is 7220. The van der Waals surface area contributed by atoms with Crippen LogP contribution in [0.5, 0.6) is 0 Å². The quantitative estimate of drug-likeness (QED) is 0.152. The lowest BCUT2D eigenvalue weighted by Gasteiger charge is -2.30. The van der Waals surface area contributed by atoms with Crippen LogP contribution in [0.25, 0.3) is 150 Å². The lowest BCUT2D eigenvalue weighted by atomic mass is 9.70. The molecule has 0 unspecified atom stereocenters. The second-order valence-corrected chi connectivity index (χ2v) is 32.6. The Hall–Kier alpha value is -14.6. The second kappa shape index (κ2) is 23.7. The highest BCUT2D eigenvalue weighted by atomic mass is 32.1. The molecule has 18 aromatic carbocycles. The van der Waals surface area contributed by atoms with E-state index in [0.29, 0.717) is 0 Å².